The topological polar surface area (TPSA) is 91.0 Å². The Morgan fingerprint density at radius 2 is 2.27 bits per heavy atom. The minimum absolute atomic E-state index is 0.143. The van der Waals surface area contributed by atoms with Crippen LogP contribution in [0.4, 0.5) is 5.13 Å². The van der Waals surface area contributed by atoms with Gasteiger partial charge in [0.2, 0.25) is 5.91 Å². The van der Waals surface area contributed by atoms with Crippen LogP contribution in [0.3, 0.4) is 0 Å². The third kappa shape index (κ3) is 3.38. The number of aromatic amines is 1. The first-order valence-corrected chi connectivity index (χ1v) is 8.22. The smallest absolute Gasteiger partial charge is 0.268 e. The molecule has 0 aromatic carbocycles. The first-order chi connectivity index (χ1) is 10.6. The molecule has 0 atom stereocenters. The number of hydrogen-bond donors (Lipinski definition) is 2. The van der Waals surface area contributed by atoms with Crippen molar-refractivity contribution in [1.82, 2.24) is 19.9 Å². The van der Waals surface area contributed by atoms with Gasteiger partial charge < -0.3 is 10.3 Å². The summed E-state index contributed by atoms with van der Waals surface area (Å²) in [4.78, 5) is 36.7. The second kappa shape index (κ2) is 6.34. The molecule has 114 valence electrons. The van der Waals surface area contributed by atoms with Crippen LogP contribution in [0.25, 0.3) is 10.2 Å². The summed E-state index contributed by atoms with van der Waals surface area (Å²) in [5, 5.41) is 6.92. The molecule has 2 N–H and O–H groups in total. The minimum Gasteiger partial charge on any atom is -0.308 e. The molecule has 3 aromatic rings. The fraction of sp³-hybridized carbons (Fsp3) is 0.231. The maximum atomic E-state index is 11.9. The Morgan fingerprint density at radius 3 is 3.05 bits per heavy atom. The second-order valence-electron chi connectivity index (χ2n) is 4.71. The first kappa shape index (κ1) is 14.8. The van der Waals surface area contributed by atoms with Crippen molar-refractivity contribution < 1.29 is 4.79 Å². The molecule has 0 radical (unpaired) electrons. The van der Waals surface area contributed by atoms with Crippen molar-refractivity contribution in [1.29, 1.82) is 0 Å². The van der Waals surface area contributed by atoms with Gasteiger partial charge in [0.1, 0.15) is 10.5 Å². The lowest BCUT2D eigenvalue weighted by molar-refractivity contribution is -0.117. The highest BCUT2D eigenvalue weighted by atomic mass is 32.1. The largest absolute Gasteiger partial charge is 0.308 e. The number of hydrogen-bond acceptors (Lipinski definition) is 7. The zero-order chi connectivity index (χ0) is 15.5. The number of likely N-dealkylation sites (N-methyl/N-ethyl adjacent to an activating group) is 1. The molecule has 7 nitrogen and oxygen atoms in total. The molecule has 0 aliphatic rings. The molecule has 0 saturated carbocycles. The van der Waals surface area contributed by atoms with E-state index in [-0.39, 0.29) is 18.0 Å². The third-order valence-corrected chi connectivity index (χ3v) is 4.47. The van der Waals surface area contributed by atoms with E-state index >= 15 is 0 Å². The lowest BCUT2D eigenvalue weighted by atomic mass is 10.4. The number of aromatic nitrogens is 3. The minimum atomic E-state index is -0.156. The Labute approximate surface area is 133 Å². The quantitative estimate of drug-likeness (QED) is 0.737. The monoisotopic (exact) mass is 335 g/mol. The summed E-state index contributed by atoms with van der Waals surface area (Å²) in [6.07, 6.45) is 1.63. The van der Waals surface area contributed by atoms with Gasteiger partial charge in [-0.3, -0.25) is 14.5 Å². The number of carbonyl (C=O) groups excluding carboxylic acids is 1. The molecule has 3 heterocycles. The normalized spacial score (nSPS) is 11.2. The van der Waals surface area contributed by atoms with Crippen LogP contribution in [0, 0.1) is 0 Å². The van der Waals surface area contributed by atoms with Crippen LogP contribution in [0.1, 0.15) is 5.82 Å². The van der Waals surface area contributed by atoms with Crippen molar-refractivity contribution in [2.75, 3.05) is 18.9 Å². The summed E-state index contributed by atoms with van der Waals surface area (Å²) in [7, 11) is 1.79. The standard InChI is InChI=1S/C13H13N5O2S2/c1-18(7-10(19)17-13-14-3-5-22-13)6-9-15-8-2-4-21-11(8)12(20)16-9/h2-5H,6-7H2,1H3,(H,14,17,19)(H,15,16,20). The lowest BCUT2D eigenvalue weighted by Gasteiger charge is -2.14. The van der Waals surface area contributed by atoms with E-state index in [1.165, 1.54) is 22.7 Å². The number of rotatable bonds is 5. The number of H-pyrrole nitrogens is 1. The van der Waals surface area contributed by atoms with Crippen molar-refractivity contribution >= 4 is 43.9 Å². The SMILES string of the molecule is CN(CC(=O)Nc1nccs1)Cc1nc2ccsc2c(=O)[nH]1. The van der Waals surface area contributed by atoms with E-state index in [9.17, 15) is 9.59 Å². The number of fused-ring (bicyclic) bond motifs is 1. The van der Waals surface area contributed by atoms with Crippen LogP contribution in [0.15, 0.2) is 27.8 Å². The second-order valence-corrected chi connectivity index (χ2v) is 6.52. The van der Waals surface area contributed by atoms with E-state index in [1.54, 1.807) is 23.5 Å². The number of anilines is 1. The molecule has 0 bridgehead atoms. The van der Waals surface area contributed by atoms with E-state index in [0.717, 1.165) is 0 Å². The van der Waals surface area contributed by atoms with E-state index < -0.39 is 0 Å². The Balaban J connectivity index is 1.64. The van der Waals surface area contributed by atoms with Gasteiger partial charge in [0.25, 0.3) is 5.56 Å². The maximum Gasteiger partial charge on any atom is 0.268 e. The number of carbonyl (C=O) groups is 1. The summed E-state index contributed by atoms with van der Waals surface area (Å²) >= 11 is 2.73. The van der Waals surface area contributed by atoms with Gasteiger partial charge in [-0.1, -0.05) is 0 Å². The molecule has 0 unspecified atom stereocenters. The number of thiophene rings is 1. The summed E-state index contributed by atoms with van der Waals surface area (Å²) in [6.45, 7) is 0.567. The van der Waals surface area contributed by atoms with Crippen LogP contribution in [-0.2, 0) is 11.3 Å². The van der Waals surface area contributed by atoms with E-state index in [4.69, 9.17) is 0 Å². The van der Waals surface area contributed by atoms with E-state index in [2.05, 4.69) is 20.3 Å². The van der Waals surface area contributed by atoms with Crippen molar-refractivity contribution in [3.63, 3.8) is 0 Å². The first-order valence-electron chi connectivity index (χ1n) is 6.46. The Kier molecular flexibility index (Phi) is 4.27. The van der Waals surface area contributed by atoms with Crippen molar-refractivity contribution in [3.8, 4) is 0 Å². The molecule has 0 fully saturated rings. The summed E-state index contributed by atoms with van der Waals surface area (Å²) < 4.78 is 0.618. The predicted molar refractivity (Wildman–Crippen MR) is 87.3 cm³/mol. The molecule has 1 amide bonds. The third-order valence-electron chi connectivity index (χ3n) is 2.88. The molecule has 0 spiro atoms. The van der Waals surface area contributed by atoms with Gasteiger partial charge in [0.05, 0.1) is 18.6 Å². The fourth-order valence-corrected chi connectivity index (χ4v) is 3.27. The molecule has 3 rings (SSSR count). The van der Waals surface area contributed by atoms with Crippen molar-refractivity contribution in [2.24, 2.45) is 0 Å². The molecule has 22 heavy (non-hydrogen) atoms. The van der Waals surface area contributed by atoms with E-state index in [1.807, 2.05) is 11.4 Å². The van der Waals surface area contributed by atoms with Gasteiger partial charge >= 0.3 is 0 Å². The van der Waals surface area contributed by atoms with Gasteiger partial charge in [0.15, 0.2) is 5.13 Å². The van der Waals surface area contributed by atoms with Gasteiger partial charge in [-0.25, -0.2) is 9.97 Å². The zero-order valence-electron chi connectivity index (χ0n) is 11.7. The van der Waals surface area contributed by atoms with Crippen LogP contribution in [0.2, 0.25) is 0 Å². The summed E-state index contributed by atoms with van der Waals surface area (Å²) in [5.41, 5.74) is 0.542. The van der Waals surface area contributed by atoms with Crippen LogP contribution >= 0.6 is 22.7 Å². The zero-order valence-corrected chi connectivity index (χ0v) is 13.3. The maximum absolute atomic E-state index is 11.9. The average Bonchev–Trinajstić information content (AvgIpc) is 3.09. The van der Waals surface area contributed by atoms with Gasteiger partial charge in [0, 0.05) is 11.6 Å². The highest BCUT2D eigenvalue weighted by molar-refractivity contribution is 7.17. The van der Waals surface area contributed by atoms with Crippen LogP contribution in [0.5, 0.6) is 0 Å². The fourth-order valence-electron chi connectivity index (χ4n) is 2.00. The summed E-state index contributed by atoms with van der Waals surface area (Å²) in [6, 6.07) is 1.81. The molecular weight excluding hydrogens is 322 g/mol. The number of thiazole rings is 1. The summed E-state index contributed by atoms with van der Waals surface area (Å²) in [5.74, 6) is 0.386. The highest BCUT2D eigenvalue weighted by Gasteiger charge is 2.11. The Bertz CT molecular complexity index is 840. The number of amides is 1. The molecule has 0 aliphatic carbocycles. The lowest BCUT2D eigenvalue weighted by Crippen LogP contribution is -2.31. The van der Waals surface area contributed by atoms with Gasteiger partial charge in [-0.05, 0) is 18.5 Å². The van der Waals surface area contributed by atoms with Crippen LogP contribution in [-0.4, -0.2) is 39.4 Å². The van der Waals surface area contributed by atoms with E-state index in [0.29, 0.717) is 27.7 Å². The molecule has 0 aliphatic heterocycles. The predicted octanol–water partition coefficient (Wildman–Crippen LogP) is 1.51. The van der Waals surface area contributed by atoms with Gasteiger partial charge in [-0.2, -0.15) is 0 Å². The highest BCUT2D eigenvalue weighted by Crippen LogP contribution is 2.14. The molecule has 9 heteroatoms. The Morgan fingerprint density at radius 1 is 1.41 bits per heavy atom. The molecule has 0 saturated heterocycles. The number of nitrogens with one attached hydrogen (secondary N) is 2. The molecule has 3 aromatic heterocycles. The van der Waals surface area contributed by atoms with Crippen molar-refractivity contribution in [2.45, 2.75) is 6.54 Å². The number of nitrogens with zero attached hydrogens (tertiary/aromatic N) is 3. The van der Waals surface area contributed by atoms with Crippen LogP contribution < -0.4 is 10.9 Å². The van der Waals surface area contributed by atoms with Crippen molar-refractivity contribution in [3.05, 3.63) is 39.2 Å². The molecular formula is C13H13N5O2S2. The average molecular weight is 335 g/mol. The Hall–Kier alpha value is -2.10. The van der Waals surface area contributed by atoms with Gasteiger partial charge in [-0.15, -0.1) is 22.7 Å².